The van der Waals surface area contributed by atoms with Crippen molar-refractivity contribution in [2.75, 3.05) is 18.4 Å². The van der Waals surface area contributed by atoms with E-state index in [9.17, 15) is 19.5 Å². The maximum atomic E-state index is 15.1. The van der Waals surface area contributed by atoms with E-state index in [4.69, 9.17) is 4.74 Å². The number of ether oxygens (including phenoxy) is 1. The molecule has 0 radical (unpaired) electrons. The van der Waals surface area contributed by atoms with Crippen LogP contribution in [0.2, 0.25) is 5.21 Å². The highest BCUT2D eigenvalue weighted by molar-refractivity contribution is 6.59. The van der Waals surface area contributed by atoms with Crippen LogP contribution in [0.3, 0.4) is 0 Å². The van der Waals surface area contributed by atoms with Crippen molar-refractivity contribution >= 4 is 70.5 Å². The van der Waals surface area contributed by atoms with E-state index in [2.05, 4.69) is 43.2 Å². The molecule has 2 fully saturated rings. The average molecular weight is 610 g/mol. The van der Waals surface area contributed by atoms with Gasteiger partial charge in [0.1, 0.15) is 50.5 Å². The molecule has 2 aromatic carbocycles. The molecule has 3 amide bonds. The molecule has 9 nitrogen and oxygen atoms in total. The van der Waals surface area contributed by atoms with Gasteiger partial charge in [0, 0.05) is 48.3 Å². The van der Waals surface area contributed by atoms with Gasteiger partial charge < -0.3 is 20.1 Å². The van der Waals surface area contributed by atoms with Crippen molar-refractivity contribution in [1.29, 1.82) is 0 Å². The molecule has 45 heavy (non-hydrogen) atoms. The summed E-state index contributed by atoms with van der Waals surface area (Å²) in [7, 11) is 9.90. The van der Waals surface area contributed by atoms with E-state index in [1.165, 1.54) is 18.8 Å². The molecule has 0 bridgehead atoms. The zero-order valence-corrected chi connectivity index (χ0v) is 28.1. The Morgan fingerprint density at radius 3 is 2.20 bits per heavy atom. The number of imide groups is 1. The van der Waals surface area contributed by atoms with Crippen LogP contribution < -0.4 is 10.6 Å². The molecule has 2 unspecified atom stereocenters. The fraction of sp³-hybridized carbons (Fsp3) is 0.483. The third-order valence-electron chi connectivity index (χ3n) is 10.4. The number of anilines is 1. The van der Waals surface area contributed by atoms with Crippen LogP contribution in [-0.4, -0.2) is 115 Å². The van der Waals surface area contributed by atoms with Crippen LogP contribution in [0, 0.1) is 5.82 Å². The maximum Gasteiger partial charge on any atom is 0.253 e. The molecule has 3 N–H and O–H groups in total. The highest BCUT2D eigenvalue weighted by atomic mass is 19.1. The Kier molecular flexibility index (Phi) is 7.82. The summed E-state index contributed by atoms with van der Waals surface area (Å²) in [6.45, 7) is 10.7. The molecule has 3 heterocycles. The zero-order chi connectivity index (χ0) is 33.5. The molecule has 2 atom stereocenters. The van der Waals surface area contributed by atoms with Gasteiger partial charge in [-0.3, -0.25) is 24.6 Å². The third kappa shape index (κ3) is 5.26. The summed E-state index contributed by atoms with van der Waals surface area (Å²) in [4.78, 5) is 44.2. The van der Waals surface area contributed by atoms with Gasteiger partial charge in [0.2, 0.25) is 11.8 Å². The number of halogens is 1. The second kappa shape index (κ2) is 10.5. The summed E-state index contributed by atoms with van der Waals surface area (Å²) in [5, 5.41) is 14.5. The van der Waals surface area contributed by atoms with Crippen molar-refractivity contribution < 1.29 is 28.6 Å². The lowest BCUT2D eigenvalue weighted by Crippen LogP contribution is -2.81. The monoisotopic (exact) mass is 610 g/mol. The van der Waals surface area contributed by atoms with Gasteiger partial charge in [-0.15, -0.1) is 0 Å². The van der Waals surface area contributed by atoms with Gasteiger partial charge in [0.15, 0.2) is 7.85 Å². The second-order valence-electron chi connectivity index (χ2n) is 15.5. The van der Waals surface area contributed by atoms with Gasteiger partial charge in [-0.1, -0.05) is 12.1 Å². The Labute approximate surface area is 270 Å². The van der Waals surface area contributed by atoms with Crippen molar-refractivity contribution in [2.45, 2.75) is 73.5 Å². The number of nitrogens with zero attached hydrogens (tertiary/aromatic N) is 2. The summed E-state index contributed by atoms with van der Waals surface area (Å²) in [6, 6.07) is 10.5. The van der Waals surface area contributed by atoms with Gasteiger partial charge in [0.25, 0.3) is 5.91 Å². The maximum absolute atomic E-state index is 15.1. The van der Waals surface area contributed by atoms with Crippen LogP contribution in [0.4, 0.5) is 10.1 Å². The molecule has 2 saturated heterocycles. The minimum absolute atomic E-state index is 0.174. The quantitative estimate of drug-likeness (QED) is 0.229. The Morgan fingerprint density at radius 1 is 0.956 bits per heavy atom. The highest BCUT2D eigenvalue weighted by Gasteiger charge is 2.68. The lowest BCUT2D eigenvalue weighted by Gasteiger charge is -2.60. The molecule has 5 rings (SSSR count). The summed E-state index contributed by atoms with van der Waals surface area (Å²) in [5.41, 5.74) is -0.949. The van der Waals surface area contributed by atoms with E-state index in [-0.39, 0.29) is 29.5 Å². The van der Waals surface area contributed by atoms with Gasteiger partial charge >= 0.3 is 0 Å². The number of fused-ring (bicyclic) bond motifs is 1. The number of hydrogen-bond donors (Lipinski definition) is 3. The minimum atomic E-state index is -1.93. The fourth-order valence-electron chi connectivity index (χ4n) is 7.92. The number of nitrogens with one attached hydrogen (secondary N) is 2. The van der Waals surface area contributed by atoms with Crippen molar-refractivity contribution in [3.05, 3.63) is 64.5 Å². The fourth-order valence-corrected chi connectivity index (χ4v) is 7.92. The summed E-state index contributed by atoms with van der Waals surface area (Å²) >= 11 is 0. The van der Waals surface area contributed by atoms with E-state index >= 15 is 4.39 Å². The lowest BCUT2D eigenvalue weighted by molar-refractivity contribution is -0.182. The van der Waals surface area contributed by atoms with Gasteiger partial charge in [-0.25, -0.2) is 4.39 Å². The summed E-state index contributed by atoms with van der Waals surface area (Å²) < 4.78 is 21.4. The lowest BCUT2D eigenvalue weighted by atomic mass is 9.28. The Balaban J connectivity index is 1.43. The van der Waals surface area contributed by atoms with E-state index < -0.39 is 33.3 Å². The topological polar surface area (TPSA) is 111 Å². The number of benzene rings is 2. The average Bonchev–Trinajstić information content (AvgIpc) is 3.11. The van der Waals surface area contributed by atoms with Gasteiger partial charge in [-0.2, -0.15) is 0 Å². The van der Waals surface area contributed by atoms with Crippen LogP contribution in [0.5, 0.6) is 0 Å². The molecule has 0 spiro atoms. The zero-order valence-electron chi connectivity index (χ0n) is 28.1. The van der Waals surface area contributed by atoms with E-state index in [0.717, 1.165) is 18.7 Å². The number of aliphatic hydroxyl groups is 1. The largest absolute Gasteiger partial charge is 0.390 e. The molecule has 3 aliphatic rings. The van der Waals surface area contributed by atoms with Crippen molar-refractivity contribution in [2.24, 2.45) is 0 Å². The normalized spacial score (nSPS) is 28.4. The Bertz CT molecular complexity index is 1590. The highest BCUT2D eigenvalue weighted by Crippen LogP contribution is 2.53. The number of rotatable bonds is 6. The first-order valence-corrected chi connectivity index (χ1v) is 15.6. The van der Waals surface area contributed by atoms with Crippen molar-refractivity contribution in [1.82, 2.24) is 15.1 Å². The summed E-state index contributed by atoms with van der Waals surface area (Å²) in [5.74, 6) is -2.18. The van der Waals surface area contributed by atoms with Gasteiger partial charge in [0.05, 0.1) is 16.6 Å². The number of carbonyl (C=O) groups excluding carboxylic acids is 3. The SMILES string of the molecule is BC1(B)c2c(NCc3cc(CN4CC(C)(C)OC(C)(C)C4)ccc3F)cccc2C(=O)N1C1(B)C(=O)NC(=O)C(B)(O)C1(B)B. The molecule has 3 aliphatic heterocycles. The smallest absolute Gasteiger partial charge is 0.253 e. The standard InChI is InChI=1S/C29H41B6FN4O5/c1-24(2)13-39(14-25(3,4)45-24)12-15-8-9-18(36)16(10-15)11-37-19-7-5-6-17-20(19)28(32,33)40(21(17)41)26(30)22(42)38-23(43)27(31,44)29(26,34)35/h5-10,37,44H,11-14,30-35H2,1-4H3,(H,38,42,43). The van der Waals surface area contributed by atoms with Crippen molar-refractivity contribution in [3.8, 4) is 0 Å². The Hall–Kier alpha value is -2.95. The molecule has 0 aliphatic carbocycles. The molecule has 0 saturated carbocycles. The third-order valence-corrected chi connectivity index (χ3v) is 10.4. The van der Waals surface area contributed by atoms with Crippen LogP contribution in [-0.2, 0) is 32.8 Å². The molecular weight excluding hydrogens is 568 g/mol. The molecule has 0 aromatic heterocycles. The predicted octanol–water partition coefficient (Wildman–Crippen LogP) is -3.65. The Morgan fingerprint density at radius 2 is 1.58 bits per heavy atom. The minimum Gasteiger partial charge on any atom is -0.390 e. The van der Waals surface area contributed by atoms with E-state index in [0.29, 0.717) is 28.9 Å². The number of carbonyl (C=O) groups is 3. The number of hydrogen-bond acceptors (Lipinski definition) is 7. The molecule has 2 aromatic rings. The van der Waals surface area contributed by atoms with Gasteiger partial charge in [-0.05, 0) is 68.3 Å². The summed E-state index contributed by atoms with van der Waals surface area (Å²) in [6.07, 6.45) is 0. The number of piperidine rings is 1. The first kappa shape index (κ1) is 33.4. The van der Waals surface area contributed by atoms with Crippen LogP contribution >= 0.6 is 0 Å². The molecule has 232 valence electrons. The van der Waals surface area contributed by atoms with Crippen molar-refractivity contribution in [3.63, 3.8) is 0 Å². The van der Waals surface area contributed by atoms with E-state index in [1.807, 2.05) is 33.9 Å². The van der Waals surface area contributed by atoms with Crippen LogP contribution in [0.25, 0.3) is 0 Å². The molecule has 16 heteroatoms. The number of morpholine rings is 1. The van der Waals surface area contributed by atoms with Crippen LogP contribution in [0.15, 0.2) is 36.4 Å². The first-order chi connectivity index (χ1) is 20.5. The predicted molar refractivity (Wildman–Crippen MR) is 187 cm³/mol. The van der Waals surface area contributed by atoms with E-state index in [1.54, 1.807) is 35.7 Å². The first-order valence-electron chi connectivity index (χ1n) is 15.6. The molecular formula is C29H41B6FN4O5. The number of amides is 3. The van der Waals surface area contributed by atoms with Crippen LogP contribution in [0.1, 0.15) is 54.7 Å². The second-order valence-corrected chi connectivity index (χ2v) is 15.5.